The first-order valence-electron chi connectivity index (χ1n) is 7.41. The van der Waals surface area contributed by atoms with Gasteiger partial charge in [-0.15, -0.1) is 0 Å². The number of hydrogen-bond donors (Lipinski definition) is 1. The van der Waals surface area contributed by atoms with Gasteiger partial charge in [-0.25, -0.2) is 4.98 Å². The number of rotatable bonds is 8. The lowest BCUT2D eigenvalue weighted by Gasteiger charge is -2.09. The monoisotopic (exact) mass is 341 g/mol. The summed E-state index contributed by atoms with van der Waals surface area (Å²) in [5.41, 5.74) is -0.195. The van der Waals surface area contributed by atoms with Crippen LogP contribution < -0.4 is 5.32 Å². The second-order valence-electron chi connectivity index (χ2n) is 5.13. The highest BCUT2D eigenvalue weighted by atomic mass is 19.4. The van der Waals surface area contributed by atoms with Crippen molar-refractivity contribution in [2.75, 3.05) is 19.8 Å². The summed E-state index contributed by atoms with van der Waals surface area (Å²) in [5, 5.41) is 2.66. The SMILES string of the molecule is O=C(Cc1ccc(C(F)(F)F)cc1)NCCOCCn1ccnc1. The average Bonchev–Trinajstić information content (AvgIpc) is 3.03. The van der Waals surface area contributed by atoms with E-state index in [1.165, 1.54) is 12.1 Å². The van der Waals surface area contributed by atoms with Crippen LogP contribution in [0.15, 0.2) is 43.0 Å². The molecule has 0 saturated heterocycles. The van der Waals surface area contributed by atoms with Gasteiger partial charge in [-0.3, -0.25) is 4.79 Å². The van der Waals surface area contributed by atoms with Crippen molar-refractivity contribution < 1.29 is 22.7 Å². The van der Waals surface area contributed by atoms with Gasteiger partial charge in [-0.05, 0) is 17.7 Å². The number of ether oxygens (including phenoxy) is 1. The van der Waals surface area contributed by atoms with Crippen molar-refractivity contribution >= 4 is 5.91 Å². The Labute approximate surface area is 137 Å². The molecule has 0 unspecified atom stereocenters. The molecule has 2 rings (SSSR count). The average molecular weight is 341 g/mol. The van der Waals surface area contributed by atoms with Gasteiger partial charge < -0.3 is 14.6 Å². The first kappa shape index (κ1) is 18.0. The minimum atomic E-state index is -4.37. The van der Waals surface area contributed by atoms with Crippen LogP contribution in [-0.2, 0) is 28.7 Å². The minimum absolute atomic E-state index is 0.0349. The van der Waals surface area contributed by atoms with Gasteiger partial charge >= 0.3 is 6.18 Å². The smallest absolute Gasteiger partial charge is 0.378 e. The van der Waals surface area contributed by atoms with Gasteiger partial charge in [0, 0.05) is 25.5 Å². The van der Waals surface area contributed by atoms with Crippen LogP contribution in [0.3, 0.4) is 0 Å². The Morgan fingerprint density at radius 3 is 2.58 bits per heavy atom. The number of carbonyl (C=O) groups is 1. The zero-order valence-corrected chi connectivity index (χ0v) is 12.9. The molecule has 0 atom stereocenters. The highest BCUT2D eigenvalue weighted by Gasteiger charge is 2.29. The number of imidazole rings is 1. The number of amides is 1. The van der Waals surface area contributed by atoms with Gasteiger partial charge in [-0.2, -0.15) is 13.2 Å². The molecule has 1 aromatic heterocycles. The molecule has 1 heterocycles. The van der Waals surface area contributed by atoms with Crippen LogP contribution in [0.4, 0.5) is 13.2 Å². The molecule has 0 saturated carbocycles. The van der Waals surface area contributed by atoms with E-state index in [0.29, 0.717) is 31.9 Å². The van der Waals surface area contributed by atoms with E-state index in [0.717, 1.165) is 12.1 Å². The number of nitrogens with one attached hydrogen (secondary N) is 1. The summed E-state index contributed by atoms with van der Waals surface area (Å²) in [5.74, 6) is -0.257. The Hall–Kier alpha value is -2.35. The number of aromatic nitrogens is 2. The normalized spacial score (nSPS) is 11.5. The molecule has 0 fully saturated rings. The first-order chi connectivity index (χ1) is 11.4. The second-order valence-corrected chi connectivity index (χ2v) is 5.13. The summed E-state index contributed by atoms with van der Waals surface area (Å²) >= 11 is 0. The molecule has 1 aromatic carbocycles. The molecule has 2 aromatic rings. The quantitative estimate of drug-likeness (QED) is 0.750. The van der Waals surface area contributed by atoms with E-state index in [-0.39, 0.29) is 12.3 Å². The van der Waals surface area contributed by atoms with Crippen molar-refractivity contribution in [1.82, 2.24) is 14.9 Å². The van der Waals surface area contributed by atoms with Crippen molar-refractivity contribution in [1.29, 1.82) is 0 Å². The molecule has 24 heavy (non-hydrogen) atoms. The maximum atomic E-state index is 12.4. The van der Waals surface area contributed by atoms with E-state index in [2.05, 4.69) is 10.3 Å². The van der Waals surface area contributed by atoms with Crippen LogP contribution in [0.5, 0.6) is 0 Å². The van der Waals surface area contributed by atoms with E-state index < -0.39 is 11.7 Å². The summed E-state index contributed by atoms with van der Waals surface area (Å²) in [7, 11) is 0. The summed E-state index contributed by atoms with van der Waals surface area (Å²) in [6.07, 6.45) is 0.869. The van der Waals surface area contributed by atoms with Crippen LogP contribution in [0, 0.1) is 0 Å². The molecule has 5 nitrogen and oxygen atoms in total. The number of hydrogen-bond acceptors (Lipinski definition) is 3. The van der Waals surface area contributed by atoms with Gasteiger partial charge in [0.15, 0.2) is 0 Å². The zero-order chi connectivity index (χ0) is 17.4. The number of benzene rings is 1. The Bertz CT molecular complexity index is 625. The standard InChI is InChI=1S/C16H18F3N3O2/c17-16(18,19)14-3-1-13(2-4-14)11-15(23)21-6-9-24-10-8-22-7-5-20-12-22/h1-5,7,12H,6,8-11H2,(H,21,23). The number of alkyl halides is 3. The topological polar surface area (TPSA) is 56.1 Å². The van der Waals surface area contributed by atoms with E-state index in [4.69, 9.17) is 4.74 Å². The molecule has 0 bridgehead atoms. The Kier molecular flexibility index (Phi) is 6.36. The van der Waals surface area contributed by atoms with E-state index >= 15 is 0 Å². The van der Waals surface area contributed by atoms with Crippen molar-refractivity contribution in [2.24, 2.45) is 0 Å². The van der Waals surface area contributed by atoms with Gasteiger partial charge in [0.2, 0.25) is 5.91 Å². The fourth-order valence-corrected chi connectivity index (χ4v) is 2.01. The van der Waals surface area contributed by atoms with Crippen molar-refractivity contribution in [3.05, 3.63) is 54.1 Å². The Balaban J connectivity index is 1.61. The van der Waals surface area contributed by atoms with Gasteiger partial charge in [0.05, 0.1) is 31.5 Å². The molecule has 1 N–H and O–H groups in total. The maximum absolute atomic E-state index is 12.4. The Morgan fingerprint density at radius 2 is 1.96 bits per heavy atom. The molecular weight excluding hydrogens is 323 g/mol. The van der Waals surface area contributed by atoms with Gasteiger partial charge in [0.25, 0.3) is 0 Å². The van der Waals surface area contributed by atoms with E-state index in [9.17, 15) is 18.0 Å². The van der Waals surface area contributed by atoms with Crippen LogP contribution >= 0.6 is 0 Å². The summed E-state index contributed by atoms with van der Waals surface area (Å²) in [4.78, 5) is 15.6. The molecule has 0 spiro atoms. The predicted molar refractivity (Wildman–Crippen MR) is 81.2 cm³/mol. The van der Waals surface area contributed by atoms with Crippen LogP contribution in [0.25, 0.3) is 0 Å². The molecule has 8 heteroatoms. The predicted octanol–water partition coefficient (Wildman–Crippen LogP) is 2.28. The van der Waals surface area contributed by atoms with Crippen LogP contribution in [0.2, 0.25) is 0 Å². The van der Waals surface area contributed by atoms with Crippen LogP contribution in [-0.4, -0.2) is 35.2 Å². The molecule has 0 aliphatic heterocycles. The largest absolute Gasteiger partial charge is 0.416 e. The lowest BCUT2D eigenvalue weighted by Crippen LogP contribution is -2.29. The molecule has 130 valence electrons. The van der Waals surface area contributed by atoms with Gasteiger partial charge in [-0.1, -0.05) is 12.1 Å². The first-order valence-corrected chi connectivity index (χ1v) is 7.41. The molecular formula is C16H18F3N3O2. The van der Waals surface area contributed by atoms with Crippen molar-refractivity contribution in [2.45, 2.75) is 19.1 Å². The number of carbonyl (C=O) groups excluding carboxylic acids is 1. The van der Waals surface area contributed by atoms with E-state index in [1.807, 2.05) is 10.8 Å². The molecule has 1 amide bonds. The number of halogens is 3. The van der Waals surface area contributed by atoms with Crippen molar-refractivity contribution in [3.63, 3.8) is 0 Å². The number of nitrogens with zero attached hydrogens (tertiary/aromatic N) is 2. The van der Waals surface area contributed by atoms with Crippen molar-refractivity contribution in [3.8, 4) is 0 Å². The fraction of sp³-hybridized carbons (Fsp3) is 0.375. The third-order valence-corrected chi connectivity index (χ3v) is 3.27. The highest BCUT2D eigenvalue weighted by Crippen LogP contribution is 2.29. The van der Waals surface area contributed by atoms with Gasteiger partial charge in [0.1, 0.15) is 0 Å². The second kappa shape index (κ2) is 8.49. The third kappa shape index (κ3) is 6.04. The summed E-state index contributed by atoms with van der Waals surface area (Å²) in [6.45, 7) is 1.90. The lowest BCUT2D eigenvalue weighted by atomic mass is 10.1. The molecule has 0 aliphatic rings. The lowest BCUT2D eigenvalue weighted by molar-refractivity contribution is -0.137. The Morgan fingerprint density at radius 1 is 1.21 bits per heavy atom. The maximum Gasteiger partial charge on any atom is 0.416 e. The summed E-state index contributed by atoms with van der Waals surface area (Å²) < 4.78 is 44.6. The zero-order valence-electron chi connectivity index (χ0n) is 12.9. The van der Waals surface area contributed by atoms with E-state index in [1.54, 1.807) is 12.5 Å². The van der Waals surface area contributed by atoms with Crippen LogP contribution in [0.1, 0.15) is 11.1 Å². The minimum Gasteiger partial charge on any atom is -0.378 e. The fourth-order valence-electron chi connectivity index (χ4n) is 2.01. The third-order valence-electron chi connectivity index (χ3n) is 3.27. The highest BCUT2D eigenvalue weighted by molar-refractivity contribution is 5.78. The molecule has 0 radical (unpaired) electrons. The summed E-state index contributed by atoms with van der Waals surface area (Å²) in [6, 6.07) is 4.57. The molecule has 0 aliphatic carbocycles.